The number of likely N-dealkylation sites (N-methyl/N-ethyl adjacent to an activating group) is 1. The van der Waals surface area contributed by atoms with Crippen molar-refractivity contribution in [1.82, 2.24) is 19.8 Å². The number of nitrogens with one attached hydrogen (secondary N) is 1. The van der Waals surface area contributed by atoms with Crippen molar-refractivity contribution >= 4 is 22.9 Å². The molecule has 0 spiro atoms. The van der Waals surface area contributed by atoms with Gasteiger partial charge in [-0.05, 0) is 73.3 Å². The van der Waals surface area contributed by atoms with Gasteiger partial charge < -0.3 is 14.8 Å². The highest BCUT2D eigenvalue weighted by Gasteiger charge is 2.26. The molecule has 1 aromatic carbocycles. The third-order valence-corrected chi connectivity index (χ3v) is 7.69. The first kappa shape index (κ1) is 26.2. The van der Waals surface area contributed by atoms with Crippen LogP contribution >= 0.6 is 0 Å². The number of rotatable bonds is 6. The monoisotopic (exact) mass is 510 g/mol. The number of aliphatic imine (C=N–C) groups is 2. The fraction of sp³-hybridized carbons (Fsp3) is 0.419. The van der Waals surface area contributed by atoms with E-state index in [2.05, 4.69) is 57.9 Å². The molecule has 38 heavy (non-hydrogen) atoms. The van der Waals surface area contributed by atoms with Crippen molar-refractivity contribution in [2.45, 2.75) is 40.0 Å². The molecule has 198 valence electrons. The van der Waals surface area contributed by atoms with Gasteiger partial charge in [0.2, 0.25) is 0 Å². The molecule has 0 bridgehead atoms. The minimum absolute atomic E-state index is 0.0461. The van der Waals surface area contributed by atoms with Crippen LogP contribution in [-0.4, -0.2) is 70.5 Å². The fourth-order valence-electron chi connectivity index (χ4n) is 5.42. The number of aromatic nitrogens is 2. The number of piperazine rings is 1. The summed E-state index contributed by atoms with van der Waals surface area (Å²) in [5, 5.41) is 0. The van der Waals surface area contributed by atoms with Crippen molar-refractivity contribution in [1.29, 1.82) is 0 Å². The first-order valence-electron chi connectivity index (χ1n) is 13.8. The average Bonchev–Trinajstić information content (AvgIpc) is 3.05. The molecule has 1 aliphatic heterocycles. The van der Waals surface area contributed by atoms with Gasteiger partial charge in [-0.3, -0.25) is 9.79 Å². The minimum atomic E-state index is -0.0946. The van der Waals surface area contributed by atoms with Gasteiger partial charge in [0.25, 0.3) is 5.56 Å². The summed E-state index contributed by atoms with van der Waals surface area (Å²) in [6.45, 7) is 13.3. The second-order valence-corrected chi connectivity index (χ2v) is 10.5. The molecule has 1 fully saturated rings. The van der Waals surface area contributed by atoms with Crippen LogP contribution in [0.4, 0.5) is 11.5 Å². The molecule has 7 nitrogen and oxygen atoms in total. The van der Waals surface area contributed by atoms with E-state index in [1.807, 2.05) is 25.1 Å². The highest BCUT2D eigenvalue weighted by Crippen LogP contribution is 2.26. The van der Waals surface area contributed by atoms with Crippen LogP contribution in [-0.2, 0) is 12.8 Å². The van der Waals surface area contributed by atoms with Crippen molar-refractivity contribution in [3.8, 4) is 0 Å². The number of aromatic amines is 1. The zero-order valence-corrected chi connectivity index (χ0v) is 22.8. The zero-order valence-electron chi connectivity index (χ0n) is 22.8. The molecule has 1 aliphatic carbocycles. The summed E-state index contributed by atoms with van der Waals surface area (Å²) in [6, 6.07) is 14.5. The molecule has 3 heterocycles. The molecule has 7 heteroatoms. The van der Waals surface area contributed by atoms with Crippen LogP contribution < -0.4 is 5.56 Å². The van der Waals surface area contributed by atoms with Crippen molar-refractivity contribution in [3.05, 3.63) is 87.5 Å². The van der Waals surface area contributed by atoms with Crippen LogP contribution in [0.3, 0.4) is 0 Å². The van der Waals surface area contributed by atoms with E-state index < -0.39 is 0 Å². The highest BCUT2D eigenvalue weighted by molar-refractivity contribution is 6.09. The maximum atomic E-state index is 13.0. The lowest BCUT2D eigenvalue weighted by Crippen LogP contribution is -2.46. The normalized spacial score (nSPS) is 21.0. The van der Waals surface area contributed by atoms with Crippen molar-refractivity contribution in [2.75, 3.05) is 39.3 Å². The lowest BCUT2D eigenvalue weighted by Gasteiger charge is -2.34. The molecule has 0 saturated carbocycles. The van der Waals surface area contributed by atoms with Gasteiger partial charge in [0.05, 0.1) is 17.0 Å². The van der Waals surface area contributed by atoms with Crippen molar-refractivity contribution in [2.24, 2.45) is 15.9 Å². The van der Waals surface area contributed by atoms with Crippen LogP contribution in [0, 0.1) is 12.8 Å². The fourth-order valence-corrected chi connectivity index (χ4v) is 5.42. The molecule has 1 saturated heterocycles. The number of fused-ring (bicyclic) bond motifs is 1. The molecule has 1 atom stereocenters. The molecule has 0 radical (unpaired) electrons. The minimum Gasteiger partial charge on any atom is -0.329 e. The number of pyridine rings is 2. The first-order chi connectivity index (χ1) is 18.5. The van der Waals surface area contributed by atoms with E-state index in [0.717, 1.165) is 67.3 Å². The quantitative estimate of drug-likeness (QED) is 0.486. The van der Waals surface area contributed by atoms with E-state index in [1.165, 1.54) is 18.7 Å². The van der Waals surface area contributed by atoms with E-state index >= 15 is 0 Å². The largest absolute Gasteiger partial charge is 0.329 e. The second-order valence-electron chi connectivity index (χ2n) is 10.5. The van der Waals surface area contributed by atoms with Crippen molar-refractivity contribution in [3.63, 3.8) is 0 Å². The van der Waals surface area contributed by atoms with E-state index in [4.69, 9.17) is 9.98 Å². The number of H-pyrrole nitrogens is 1. The number of aryl methyl sites for hydroxylation is 1. The molecular formula is C31H38N6O. The third-order valence-electron chi connectivity index (χ3n) is 7.69. The topological polar surface area (TPSA) is 77.0 Å². The Morgan fingerprint density at radius 3 is 2.53 bits per heavy atom. The Labute approximate surface area is 225 Å². The van der Waals surface area contributed by atoms with Gasteiger partial charge in [0, 0.05) is 63.2 Å². The van der Waals surface area contributed by atoms with Gasteiger partial charge in [-0.2, -0.15) is 0 Å². The number of benzene rings is 1. The maximum absolute atomic E-state index is 13.0. The second kappa shape index (κ2) is 12.0. The molecule has 2 aliphatic rings. The molecule has 1 unspecified atom stereocenters. The van der Waals surface area contributed by atoms with Crippen LogP contribution in [0.1, 0.15) is 42.5 Å². The predicted molar refractivity (Wildman–Crippen MR) is 156 cm³/mol. The van der Waals surface area contributed by atoms with Crippen LogP contribution in [0.2, 0.25) is 0 Å². The Bertz CT molecular complexity index is 1370. The molecule has 3 aromatic rings. The van der Waals surface area contributed by atoms with Gasteiger partial charge in [0.15, 0.2) is 5.82 Å². The smallest absolute Gasteiger partial charge is 0.257 e. The van der Waals surface area contributed by atoms with Crippen LogP contribution in [0.25, 0.3) is 0 Å². The van der Waals surface area contributed by atoms with E-state index in [9.17, 15) is 4.79 Å². The Hall–Kier alpha value is -3.42. The molecule has 2 aromatic heterocycles. The Morgan fingerprint density at radius 2 is 1.79 bits per heavy atom. The Kier molecular flexibility index (Phi) is 8.25. The maximum Gasteiger partial charge on any atom is 0.257 e. The number of nitrogens with zero attached hydrogens (tertiary/aromatic N) is 5. The lowest BCUT2D eigenvalue weighted by atomic mass is 9.96. The Morgan fingerprint density at radius 1 is 1.03 bits per heavy atom. The van der Waals surface area contributed by atoms with Crippen LogP contribution in [0.15, 0.2) is 69.6 Å². The highest BCUT2D eigenvalue weighted by atomic mass is 16.1. The van der Waals surface area contributed by atoms with Gasteiger partial charge in [0.1, 0.15) is 0 Å². The average molecular weight is 511 g/mol. The Balaban J connectivity index is 1.35. The van der Waals surface area contributed by atoms with Gasteiger partial charge in [-0.15, -0.1) is 0 Å². The van der Waals surface area contributed by atoms with Gasteiger partial charge in [-0.25, -0.2) is 9.98 Å². The van der Waals surface area contributed by atoms with E-state index in [1.54, 1.807) is 12.4 Å². The molecular weight excluding hydrogens is 472 g/mol. The molecule has 1 N–H and O–H groups in total. The van der Waals surface area contributed by atoms with Crippen molar-refractivity contribution < 1.29 is 0 Å². The summed E-state index contributed by atoms with van der Waals surface area (Å²) in [7, 11) is 0. The third kappa shape index (κ3) is 6.34. The summed E-state index contributed by atoms with van der Waals surface area (Å²) in [4.78, 5) is 35.3. The number of hydrogen-bond acceptors (Lipinski definition) is 6. The summed E-state index contributed by atoms with van der Waals surface area (Å²) in [5.74, 6) is 0.756. The summed E-state index contributed by atoms with van der Waals surface area (Å²) < 4.78 is 0. The summed E-state index contributed by atoms with van der Waals surface area (Å²) >= 11 is 0. The standard InChI is InChI=1S/C31H38N6O/c1-4-36-15-17-37(18-16-36)14-11-24-5-7-26(8-6-24)35-30-23(3)20-27(34-28-19-22(2)9-12-32-28)21-25-10-13-33-31(38)29(25)30/h5-10,12-13,19,23H,4,11,14-18,20-21H2,1-3H3,(H,33,38). The zero-order chi connectivity index (χ0) is 26.5. The van der Waals surface area contributed by atoms with E-state index in [-0.39, 0.29) is 11.5 Å². The SMILES string of the molecule is CCN1CCN(CCc2ccc(N=C3c4c(cc[nH]c4=O)CC(=Nc4cc(C)ccn4)CC3C)cc2)CC1. The predicted octanol–water partition coefficient (Wildman–Crippen LogP) is 4.73. The summed E-state index contributed by atoms with van der Waals surface area (Å²) in [5.41, 5.74) is 6.71. The van der Waals surface area contributed by atoms with Crippen LogP contribution in [0.5, 0.6) is 0 Å². The first-order valence-corrected chi connectivity index (χ1v) is 13.8. The summed E-state index contributed by atoms with van der Waals surface area (Å²) in [6.07, 6.45) is 5.88. The lowest BCUT2D eigenvalue weighted by molar-refractivity contribution is 0.138. The van der Waals surface area contributed by atoms with Gasteiger partial charge in [-0.1, -0.05) is 26.0 Å². The molecule has 5 rings (SSSR count). The molecule has 0 amide bonds. The van der Waals surface area contributed by atoms with Gasteiger partial charge >= 0.3 is 0 Å². The number of hydrogen-bond donors (Lipinski definition) is 1. The van der Waals surface area contributed by atoms with E-state index in [0.29, 0.717) is 17.8 Å².